The number of hydrogen-bond acceptors (Lipinski definition) is 9. The van der Waals surface area contributed by atoms with Crippen LogP contribution < -0.4 is 30.9 Å². The number of benzene rings is 2. The number of hydrogen-bond donors (Lipinski definition) is 4. The summed E-state index contributed by atoms with van der Waals surface area (Å²) in [5.74, 6) is -1.45. The second-order valence-electron chi connectivity index (χ2n) is 11.3. The van der Waals surface area contributed by atoms with Crippen LogP contribution in [0.25, 0.3) is 10.9 Å². The molecule has 1 aliphatic heterocycles. The largest absolute Gasteiger partial charge is 0.494 e. The first-order valence-corrected chi connectivity index (χ1v) is 13.9. The molecule has 1 aliphatic rings. The summed E-state index contributed by atoms with van der Waals surface area (Å²) in [6.07, 6.45) is 2.65. The number of para-hydroxylation sites is 1. The van der Waals surface area contributed by atoms with E-state index in [9.17, 15) is 18.8 Å². The number of fused-ring (bicyclic) bond motifs is 1. The van der Waals surface area contributed by atoms with Gasteiger partial charge in [0.25, 0.3) is 11.8 Å². The lowest BCUT2D eigenvalue weighted by atomic mass is 9.85. The number of halogens is 2. The number of ether oxygens (including phenoxy) is 1. The molecule has 0 spiro atoms. The molecule has 3 amide bonds. The van der Waals surface area contributed by atoms with Crippen LogP contribution in [0.5, 0.6) is 5.75 Å². The lowest BCUT2D eigenvalue weighted by molar-refractivity contribution is -0.134. The highest BCUT2D eigenvalue weighted by molar-refractivity contribution is 6.20. The van der Waals surface area contributed by atoms with Gasteiger partial charge in [-0.1, -0.05) is 32.9 Å². The first-order chi connectivity index (χ1) is 20.0. The lowest BCUT2D eigenvalue weighted by Gasteiger charge is -2.36. The van der Waals surface area contributed by atoms with Gasteiger partial charge >= 0.3 is 0 Å². The molecule has 0 radical (unpaired) electrons. The molecular formula is C30H39ClFN7O4. The van der Waals surface area contributed by atoms with Gasteiger partial charge in [-0.3, -0.25) is 14.4 Å². The molecule has 2 heterocycles. The smallest absolute Gasteiger partial charge is 0.257 e. The SMILES string of the molecule is CN[C@@H](C)C(=O)N[C@H](C(=O)N(C(=O)[C@@H]1CCCN1)c1cc2c(Nc3ccccc3F)ncnc2cc1OC)C(C)(C)C.Cl. The van der Waals surface area contributed by atoms with Gasteiger partial charge in [-0.15, -0.1) is 12.4 Å². The molecule has 1 saturated heterocycles. The van der Waals surface area contributed by atoms with Crippen LogP contribution >= 0.6 is 12.4 Å². The van der Waals surface area contributed by atoms with Crippen LogP contribution in [0.15, 0.2) is 42.7 Å². The van der Waals surface area contributed by atoms with Crippen molar-refractivity contribution in [2.24, 2.45) is 5.41 Å². The van der Waals surface area contributed by atoms with E-state index in [2.05, 4.69) is 31.2 Å². The normalized spacial score (nSPS) is 16.1. The van der Waals surface area contributed by atoms with Crippen LogP contribution in [-0.4, -0.2) is 66.5 Å². The van der Waals surface area contributed by atoms with Crippen molar-refractivity contribution in [1.82, 2.24) is 25.9 Å². The predicted molar refractivity (Wildman–Crippen MR) is 166 cm³/mol. The van der Waals surface area contributed by atoms with Gasteiger partial charge in [0.15, 0.2) is 0 Å². The predicted octanol–water partition coefficient (Wildman–Crippen LogP) is 3.69. The molecule has 0 unspecified atom stereocenters. The lowest BCUT2D eigenvalue weighted by Crippen LogP contribution is -2.60. The highest BCUT2D eigenvalue weighted by Gasteiger charge is 2.42. The van der Waals surface area contributed by atoms with Gasteiger partial charge in [-0.2, -0.15) is 0 Å². The number of aromatic nitrogens is 2. The Morgan fingerprint density at radius 2 is 1.88 bits per heavy atom. The van der Waals surface area contributed by atoms with E-state index in [1.165, 1.54) is 19.5 Å². The summed E-state index contributed by atoms with van der Waals surface area (Å²) >= 11 is 0. The van der Waals surface area contributed by atoms with Crippen molar-refractivity contribution >= 4 is 58.2 Å². The summed E-state index contributed by atoms with van der Waals surface area (Å²) in [5.41, 5.74) is 0.0484. The fourth-order valence-electron chi connectivity index (χ4n) is 4.77. The van der Waals surface area contributed by atoms with Crippen molar-refractivity contribution in [2.45, 2.75) is 58.7 Å². The molecule has 4 rings (SSSR count). The number of likely N-dealkylation sites (N-methyl/N-ethyl adjacent to an activating group) is 1. The molecule has 232 valence electrons. The van der Waals surface area contributed by atoms with Gasteiger partial charge in [0, 0.05) is 11.5 Å². The average Bonchev–Trinajstić information content (AvgIpc) is 3.51. The molecule has 1 fully saturated rings. The summed E-state index contributed by atoms with van der Waals surface area (Å²) in [5, 5.41) is 12.3. The Balaban J connectivity index is 0.00000506. The average molecular weight is 616 g/mol. The molecule has 0 saturated carbocycles. The Bertz CT molecular complexity index is 1480. The maximum absolute atomic E-state index is 14.5. The minimum absolute atomic E-state index is 0. The molecule has 43 heavy (non-hydrogen) atoms. The zero-order valence-electron chi connectivity index (χ0n) is 25.2. The molecule has 0 aliphatic carbocycles. The van der Waals surface area contributed by atoms with Crippen molar-refractivity contribution in [3.63, 3.8) is 0 Å². The van der Waals surface area contributed by atoms with Gasteiger partial charge in [-0.05, 0) is 57.0 Å². The molecule has 3 aromatic rings. The molecular weight excluding hydrogens is 577 g/mol. The van der Waals surface area contributed by atoms with E-state index in [4.69, 9.17) is 4.74 Å². The second kappa shape index (κ2) is 14.1. The molecule has 0 bridgehead atoms. The molecule has 2 aromatic carbocycles. The van der Waals surface area contributed by atoms with E-state index >= 15 is 0 Å². The van der Waals surface area contributed by atoms with Crippen LogP contribution in [0.4, 0.5) is 21.6 Å². The first-order valence-electron chi connectivity index (χ1n) is 13.9. The Hall–Kier alpha value is -3.87. The minimum atomic E-state index is -1.06. The van der Waals surface area contributed by atoms with E-state index in [1.54, 1.807) is 44.3 Å². The van der Waals surface area contributed by atoms with Crippen molar-refractivity contribution in [2.75, 3.05) is 30.9 Å². The number of rotatable bonds is 9. The standard InChI is InChI=1S/C30H38FN7O4.ClH/c1-17(32-5)27(39)37-25(30(2,3)4)29(41)38(28(40)21-12-9-13-33-21)23-14-18-22(15-24(23)42-6)34-16-35-26(18)36-20-11-8-7-10-19(20)31;/h7-8,10-11,14-17,21,25,32-33H,9,12-13H2,1-6H3,(H,37,39)(H,34,35,36);1H/t17-,21-,25+;/m0./s1. The monoisotopic (exact) mass is 615 g/mol. The van der Waals surface area contributed by atoms with Gasteiger partial charge < -0.3 is 26.0 Å². The van der Waals surface area contributed by atoms with Crippen LogP contribution in [-0.2, 0) is 14.4 Å². The van der Waals surface area contributed by atoms with E-state index in [-0.39, 0.29) is 41.3 Å². The Morgan fingerprint density at radius 3 is 2.49 bits per heavy atom. The van der Waals surface area contributed by atoms with Crippen LogP contribution in [0, 0.1) is 11.2 Å². The van der Waals surface area contributed by atoms with E-state index in [1.807, 2.05) is 20.8 Å². The zero-order chi connectivity index (χ0) is 30.6. The number of carbonyl (C=O) groups excluding carboxylic acids is 3. The Labute approximate surface area is 256 Å². The van der Waals surface area contributed by atoms with Crippen LogP contribution in [0.3, 0.4) is 0 Å². The number of amides is 3. The Kier molecular flexibility index (Phi) is 11.0. The fourth-order valence-corrected chi connectivity index (χ4v) is 4.77. The highest BCUT2D eigenvalue weighted by Crippen LogP contribution is 2.37. The molecule has 3 atom stereocenters. The highest BCUT2D eigenvalue weighted by atomic mass is 35.5. The number of nitrogens with one attached hydrogen (secondary N) is 4. The summed E-state index contributed by atoms with van der Waals surface area (Å²) < 4.78 is 20.2. The number of anilines is 3. The van der Waals surface area contributed by atoms with E-state index in [0.717, 1.165) is 11.3 Å². The molecule has 11 nitrogen and oxygen atoms in total. The fraction of sp³-hybridized carbons (Fsp3) is 0.433. The molecule has 1 aromatic heterocycles. The van der Waals surface area contributed by atoms with Crippen molar-refractivity contribution < 1.29 is 23.5 Å². The summed E-state index contributed by atoms with van der Waals surface area (Å²) in [4.78, 5) is 51.2. The second-order valence-corrected chi connectivity index (χ2v) is 11.3. The molecule has 13 heteroatoms. The van der Waals surface area contributed by atoms with Gasteiger partial charge in [0.05, 0.1) is 36.1 Å². The van der Waals surface area contributed by atoms with E-state index < -0.39 is 41.2 Å². The summed E-state index contributed by atoms with van der Waals surface area (Å²) in [7, 11) is 3.08. The van der Waals surface area contributed by atoms with E-state index in [0.29, 0.717) is 23.9 Å². The number of imide groups is 1. The number of methoxy groups -OCH3 is 1. The third kappa shape index (κ3) is 7.38. The Morgan fingerprint density at radius 1 is 1.16 bits per heavy atom. The third-order valence-corrected chi connectivity index (χ3v) is 7.33. The number of carbonyl (C=O) groups is 3. The zero-order valence-corrected chi connectivity index (χ0v) is 26.0. The van der Waals surface area contributed by atoms with Gasteiger partial charge in [0.1, 0.15) is 29.8 Å². The van der Waals surface area contributed by atoms with Crippen LogP contribution in [0.1, 0.15) is 40.5 Å². The first kappa shape index (κ1) is 33.6. The quantitative estimate of drug-likeness (QED) is 0.284. The molecule has 4 N–H and O–H groups in total. The number of nitrogens with zero attached hydrogens (tertiary/aromatic N) is 3. The third-order valence-electron chi connectivity index (χ3n) is 7.33. The van der Waals surface area contributed by atoms with Crippen molar-refractivity contribution in [1.29, 1.82) is 0 Å². The summed E-state index contributed by atoms with van der Waals surface area (Å²) in [6.45, 7) is 7.77. The van der Waals surface area contributed by atoms with Gasteiger partial charge in [0.2, 0.25) is 5.91 Å². The van der Waals surface area contributed by atoms with Crippen molar-refractivity contribution in [3.05, 3.63) is 48.5 Å². The minimum Gasteiger partial charge on any atom is -0.494 e. The van der Waals surface area contributed by atoms with Crippen molar-refractivity contribution in [3.8, 4) is 5.75 Å². The summed E-state index contributed by atoms with van der Waals surface area (Å²) in [6, 6.07) is 7.11. The topological polar surface area (TPSA) is 138 Å². The van der Waals surface area contributed by atoms with Crippen LogP contribution in [0.2, 0.25) is 0 Å². The maximum Gasteiger partial charge on any atom is 0.257 e. The maximum atomic E-state index is 14.5. The van der Waals surface area contributed by atoms with Gasteiger partial charge in [-0.25, -0.2) is 19.3 Å².